The van der Waals surface area contributed by atoms with Gasteiger partial charge in [-0.05, 0) is 0 Å². The molecule has 4 nitrogen and oxygen atoms in total. The zero-order valence-corrected chi connectivity index (χ0v) is 6.69. The van der Waals surface area contributed by atoms with Crippen molar-refractivity contribution in [2.75, 3.05) is 0 Å². The van der Waals surface area contributed by atoms with Crippen molar-refractivity contribution in [3.8, 4) is 0 Å². The van der Waals surface area contributed by atoms with Gasteiger partial charge in [0.1, 0.15) is 0 Å². The molecule has 0 spiro atoms. The molecule has 0 aliphatic rings. The monoisotopic (exact) mass is 227 g/mol. The van der Waals surface area contributed by atoms with E-state index in [9.17, 15) is 0 Å². The third-order valence-electron chi connectivity index (χ3n) is 0. The maximum absolute atomic E-state index is 8.74. The van der Waals surface area contributed by atoms with Gasteiger partial charge in [0.05, 0.1) is 0 Å². The predicted molar refractivity (Wildman–Crippen MR) is 21.1 cm³/mol. The Hall–Kier alpha value is 0.988. The van der Waals surface area contributed by atoms with Gasteiger partial charge < -0.3 is 0 Å². The molecule has 0 bridgehead atoms. The topological polar surface area (TPSA) is 74.6 Å². The predicted octanol–water partition coefficient (Wildman–Crippen LogP) is 0.206. The van der Waals surface area contributed by atoms with Crippen LogP contribution in [0.2, 0.25) is 0 Å². The van der Waals surface area contributed by atoms with Gasteiger partial charge in [-0.25, -0.2) is 0 Å². The van der Waals surface area contributed by atoms with E-state index in [0.717, 1.165) is 0 Å². The molecule has 0 rings (SSSR count). The van der Waals surface area contributed by atoms with E-state index in [0.29, 0.717) is 0 Å². The van der Waals surface area contributed by atoms with Crippen LogP contribution in [0.4, 0.5) is 0 Å². The summed E-state index contributed by atoms with van der Waals surface area (Å²) in [7, 11) is -4.67. The van der Waals surface area contributed by atoms with Crippen molar-refractivity contribution in [2.24, 2.45) is 0 Å². The summed E-state index contributed by atoms with van der Waals surface area (Å²) in [4.78, 5) is 0. The fourth-order valence-corrected chi connectivity index (χ4v) is 0. The molecule has 0 heterocycles. The molecule has 2 N–H and O–H groups in total. The Balaban J connectivity index is -0.0000000800. The Morgan fingerprint density at radius 2 is 1.14 bits per heavy atom. The number of hydrogen-bond acceptors (Lipinski definition) is 2. The molecular weight excluding hydrogens is 223 g/mol. The Morgan fingerprint density at radius 3 is 1.14 bits per heavy atom. The third kappa shape index (κ3) is 178. The summed E-state index contributed by atoms with van der Waals surface area (Å²) >= 11 is 0. The minimum absolute atomic E-state index is 0. The van der Waals surface area contributed by atoms with Gasteiger partial charge in [-0.2, -0.15) is 8.42 Å². The summed E-state index contributed by atoms with van der Waals surface area (Å²) in [6, 6.07) is 0. The van der Waals surface area contributed by atoms with E-state index < -0.39 is 10.4 Å². The van der Waals surface area contributed by atoms with Crippen LogP contribution in [0.5, 0.6) is 0 Å². The van der Waals surface area contributed by atoms with E-state index >= 15 is 0 Å². The van der Waals surface area contributed by atoms with E-state index in [-0.39, 0.29) is 31.0 Å². The van der Waals surface area contributed by atoms with Crippen LogP contribution in [0.25, 0.3) is 0 Å². The number of rotatable bonds is 0. The molecule has 3 radical (unpaired) electrons. The molecule has 0 aliphatic carbocycles. The minimum Gasteiger partial charge on any atom is -0.264 e. The maximum atomic E-state index is 8.74. The SMILES string of the molecule is O=S(=O)(O)O.[Mo].[P]. The molecule has 7 heteroatoms. The summed E-state index contributed by atoms with van der Waals surface area (Å²) in [5.41, 5.74) is 0. The smallest absolute Gasteiger partial charge is 0.264 e. The summed E-state index contributed by atoms with van der Waals surface area (Å²) in [6.45, 7) is 0. The first-order valence-electron chi connectivity index (χ1n) is 0.698. The molecule has 0 aromatic rings. The van der Waals surface area contributed by atoms with Crippen LogP contribution in [0.3, 0.4) is 0 Å². The fraction of sp³-hybridized carbons (Fsp3) is 0. The fourth-order valence-electron chi connectivity index (χ4n) is 0. The molecule has 0 amide bonds. The molecule has 0 unspecified atom stereocenters. The molecule has 0 saturated heterocycles. The van der Waals surface area contributed by atoms with Crippen molar-refractivity contribution in [3.05, 3.63) is 0 Å². The average Bonchev–Trinajstić information content (AvgIpc) is 0.722. The Morgan fingerprint density at radius 1 is 1.14 bits per heavy atom. The van der Waals surface area contributed by atoms with Crippen molar-refractivity contribution in [3.63, 3.8) is 0 Å². The van der Waals surface area contributed by atoms with Gasteiger partial charge >= 0.3 is 10.4 Å². The molecule has 43 valence electrons. The first-order valence-corrected chi connectivity index (χ1v) is 2.10. The zero-order valence-electron chi connectivity index (χ0n) is 2.97. The largest absolute Gasteiger partial charge is 0.394 e. The van der Waals surface area contributed by atoms with Crippen LogP contribution >= 0.6 is 9.90 Å². The van der Waals surface area contributed by atoms with Crippen molar-refractivity contribution < 1.29 is 38.6 Å². The molecule has 0 saturated carbocycles. The minimum atomic E-state index is -4.67. The van der Waals surface area contributed by atoms with E-state index in [2.05, 4.69) is 0 Å². The average molecular weight is 225 g/mol. The van der Waals surface area contributed by atoms with Crippen molar-refractivity contribution >= 4 is 20.3 Å². The molecule has 0 aromatic heterocycles. The quantitative estimate of drug-likeness (QED) is 0.351. The van der Waals surface area contributed by atoms with Gasteiger partial charge in [-0.3, -0.25) is 9.11 Å². The Bertz CT molecular complexity index is 94.9. The zero-order chi connectivity index (χ0) is 4.50. The van der Waals surface area contributed by atoms with E-state index in [4.69, 9.17) is 17.5 Å². The van der Waals surface area contributed by atoms with Gasteiger partial charge in [-0.1, -0.05) is 0 Å². The second-order valence-electron chi connectivity index (χ2n) is 0.448. The summed E-state index contributed by atoms with van der Waals surface area (Å²) in [5, 5.41) is 0. The van der Waals surface area contributed by atoms with E-state index in [1.54, 1.807) is 0 Å². The first kappa shape index (κ1) is 15.7. The van der Waals surface area contributed by atoms with Crippen LogP contribution in [-0.2, 0) is 31.5 Å². The molecule has 0 atom stereocenters. The van der Waals surface area contributed by atoms with Crippen molar-refractivity contribution in [2.45, 2.75) is 0 Å². The van der Waals surface area contributed by atoms with Gasteiger partial charge in [-0.15, -0.1) is 0 Å². The number of hydrogen-bond donors (Lipinski definition) is 2. The van der Waals surface area contributed by atoms with Gasteiger partial charge in [0.25, 0.3) is 0 Å². The van der Waals surface area contributed by atoms with Crippen LogP contribution < -0.4 is 0 Å². The van der Waals surface area contributed by atoms with Gasteiger partial charge in [0, 0.05) is 31.0 Å². The molecule has 0 fully saturated rings. The van der Waals surface area contributed by atoms with E-state index in [1.807, 2.05) is 0 Å². The van der Waals surface area contributed by atoms with Crippen LogP contribution in [0.1, 0.15) is 0 Å². The van der Waals surface area contributed by atoms with Crippen molar-refractivity contribution in [1.82, 2.24) is 0 Å². The van der Waals surface area contributed by atoms with Crippen molar-refractivity contribution in [1.29, 1.82) is 0 Å². The Labute approximate surface area is 59.1 Å². The standard InChI is InChI=1S/Mo.H2O4S.P/c;1-5(2,3)4;/h;(H2,1,2,3,4);. The molecular formula is H2MoO4PS. The summed E-state index contributed by atoms with van der Waals surface area (Å²) < 4.78 is 31.6. The molecule has 0 aromatic carbocycles. The van der Waals surface area contributed by atoms with Gasteiger partial charge in [0.2, 0.25) is 0 Å². The van der Waals surface area contributed by atoms with Crippen LogP contribution in [0, 0.1) is 0 Å². The maximum Gasteiger partial charge on any atom is 0.394 e. The summed E-state index contributed by atoms with van der Waals surface area (Å²) in [5.74, 6) is 0. The first-order chi connectivity index (χ1) is 2.00. The van der Waals surface area contributed by atoms with Crippen LogP contribution in [0.15, 0.2) is 0 Å². The molecule has 0 aliphatic heterocycles. The van der Waals surface area contributed by atoms with E-state index in [1.165, 1.54) is 0 Å². The normalized spacial score (nSPS) is 8.29. The summed E-state index contributed by atoms with van der Waals surface area (Å²) in [6.07, 6.45) is 0. The van der Waals surface area contributed by atoms with Crippen LogP contribution in [-0.4, -0.2) is 17.5 Å². The third-order valence-corrected chi connectivity index (χ3v) is 0. The molecule has 7 heavy (non-hydrogen) atoms. The van der Waals surface area contributed by atoms with Gasteiger partial charge in [0.15, 0.2) is 0 Å². The second kappa shape index (κ2) is 5.13. The Kier molecular flexibility index (Phi) is 11.5. The second-order valence-corrected chi connectivity index (χ2v) is 1.34.